The van der Waals surface area contributed by atoms with Crippen molar-refractivity contribution in [2.45, 2.75) is 26.4 Å². The van der Waals surface area contributed by atoms with E-state index in [9.17, 15) is 9.50 Å². The molecule has 2 aromatic rings. The molecule has 0 radical (unpaired) electrons. The van der Waals surface area contributed by atoms with Gasteiger partial charge in [-0.05, 0) is 48.7 Å². The minimum atomic E-state index is -0.652. The molecule has 2 rings (SSSR count). The van der Waals surface area contributed by atoms with E-state index in [-0.39, 0.29) is 5.82 Å². The van der Waals surface area contributed by atoms with Gasteiger partial charge in [-0.1, -0.05) is 13.0 Å². The van der Waals surface area contributed by atoms with Gasteiger partial charge in [-0.2, -0.15) is 0 Å². The van der Waals surface area contributed by atoms with Crippen molar-refractivity contribution in [3.05, 3.63) is 57.0 Å². The monoisotopic (exact) mass is 250 g/mol. The molecule has 1 heterocycles. The molecule has 1 aromatic heterocycles. The van der Waals surface area contributed by atoms with Crippen LogP contribution >= 0.6 is 11.3 Å². The van der Waals surface area contributed by atoms with Crippen LogP contribution in [0, 0.1) is 12.7 Å². The van der Waals surface area contributed by atoms with Gasteiger partial charge in [0.1, 0.15) is 11.9 Å². The lowest BCUT2D eigenvalue weighted by atomic mass is 10.0. The van der Waals surface area contributed by atoms with Crippen molar-refractivity contribution >= 4 is 11.3 Å². The number of aryl methyl sites for hydroxylation is 2. The van der Waals surface area contributed by atoms with Crippen LogP contribution in [0.1, 0.15) is 33.9 Å². The molecule has 0 saturated carbocycles. The topological polar surface area (TPSA) is 20.2 Å². The minimum absolute atomic E-state index is 0.265. The number of rotatable bonds is 3. The van der Waals surface area contributed by atoms with E-state index in [0.717, 1.165) is 22.4 Å². The fourth-order valence-electron chi connectivity index (χ4n) is 1.83. The summed E-state index contributed by atoms with van der Waals surface area (Å²) in [5.41, 5.74) is 1.56. The van der Waals surface area contributed by atoms with Crippen molar-refractivity contribution in [1.29, 1.82) is 0 Å². The van der Waals surface area contributed by atoms with E-state index < -0.39 is 6.10 Å². The Labute approximate surface area is 105 Å². The second-order valence-corrected chi connectivity index (χ2v) is 5.26. The molecule has 0 fully saturated rings. The quantitative estimate of drug-likeness (QED) is 0.877. The van der Waals surface area contributed by atoms with Crippen LogP contribution in [-0.2, 0) is 6.42 Å². The third kappa shape index (κ3) is 2.56. The molecule has 0 saturated heterocycles. The van der Waals surface area contributed by atoms with E-state index in [4.69, 9.17) is 0 Å². The standard InChI is InChI=1S/C14H15FOS/c1-3-11-5-7-13(17-11)14(16)12-6-4-10(15)8-9(12)2/h4-8,14,16H,3H2,1-2H3. The zero-order valence-corrected chi connectivity index (χ0v) is 10.7. The van der Waals surface area contributed by atoms with Crippen LogP contribution in [0.15, 0.2) is 30.3 Å². The molecule has 0 amide bonds. The Morgan fingerprint density at radius 1 is 1.29 bits per heavy atom. The lowest BCUT2D eigenvalue weighted by Gasteiger charge is -2.12. The van der Waals surface area contributed by atoms with Gasteiger partial charge in [-0.3, -0.25) is 0 Å². The van der Waals surface area contributed by atoms with Gasteiger partial charge in [-0.15, -0.1) is 11.3 Å². The fraction of sp³-hybridized carbons (Fsp3) is 0.286. The first-order chi connectivity index (χ1) is 8.11. The van der Waals surface area contributed by atoms with Crippen LogP contribution in [0.5, 0.6) is 0 Å². The third-order valence-corrected chi connectivity index (χ3v) is 4.11. The Morgan fingerprint density at radius 2 is 2.06 bits per heavy atom. The van der Waals surface area contributed by atoms with E-state index in [1.165, 1.54) is 17.0 Å². The van der Waals surface area contributed by atoms with Crippen molar-refractivity contribution in [2.75, 3.05) is 0 Å². The van der Waals surface area contributed by atoms with Crippen molar-refractivity contribution in [2.24, 2.45) is 0 Å². The van der Waals surface area contributed by atoms with Crippen molar-refractivity contribution in [3.8, 4) is 0 Å². The van der Waals surface area contributed by atoms with Gasteiger partial charge in [0, 0.05) is 9.75 Å². The number of thiophene rings is 1. The number of halogens is 1. The Morgan fingerprint density at radius 3 is 2.65 bits per heavy atom. The van der Waals surface area contributed by atoms with Crippen LogP contribution in [-0.4, -0.2) is 5.11 Å². The highest BCUT2D eigenvalue weighted by Crippen LogP contribution is 2.30. The van der Waals surface area contributed by atoms with E-state index >= 15 is 0 Å². The largest absolute Gasteiger partial charge is 0.383 e. The first-order valence-corrected chi connectivity index (χ1v) is 6.46. The summed E-state index contributed by atoms with van der Waals surface area (Å²) in [4.78, 5) is 2.16. The molecule has 1 aromatic carbocycles. The van der Waals surface area contributed by atoms with E-state index in [1.807, 2.05) is 19.1 Å². The predicted molar refractivity (Wildman–Crippen MR) is 68.9 cm³/mol. The fourth-order valence-corrected chi connectivity index (χ4v) is 2.79. The average Bonchev–Trinajstić information content (AvgIpc) is 2.76. The maximum Gasteiger partial charge on any atom is 0.123 e. The summed E-state index contributed by atoms with van der Waals surface area (Å²) in [6.07, 6.45) is 0.320. The molecule has 17 heavy (non-hydrogen) atoms. The van der Waals surface area contributed by atoms with E-state index in [0.29, 0.717) is 0 Å². The van der Waals surface area contributed by atoms with Crippen molar-refractivity contribution < 1.29 is 9.50 Å². The molecular formula is C14H15FOS. The lowest BCUT2D eigenvalue weighted by Crippen LogP contribution is -2.00. The Balaban J connectivity index is 2.33. The van der Waals surface area contributed by atoms with Gasteiger partial charge in [0.25, 0.3) is 0 Å². The zero-order valence-electron chi connectivity index (χ0n) is 9.90. The summed E-state index contributed by atoms with van der Waals surface area (Å²) in [7, 11) is 0. The highest BCUT2D eigenvalue weighted by molar-refractivity contribution is 7.12. The number of hydrogen-bond acceptors (Lipinski definition) is 2. The van der Waals surface area contributed by atoms with Gasteiger partial charge in [-0.25, -0.2) is 4.39 Å². The summed E-state index contributed by atoms with van der Waals surface area (Å²) in [6, 6.07) is 8.46. The SMILES string of the molecule is CCc1ccc(C(O)c2ccc(F)cc2C)s1. The Hall–Kier alpha value is -1.19. The van der Waals surface area contributed by atoms with Crippen molar-refractivity contribution in [1.82, 2.24) is 0 Å². The summed E-state index contributed by atoms with van der Waals surface area (Å²) in [5, 5.41) is 10.3. The number of benzene rings is 1. The van der Waals surface area contributed by atoms with Gasteiger partial charge in [0.05, 0.1) is 0 Å². The van der Waals surface area contributed by atoms with E-state index in [1.54, 1.807) is 17.4 Å². The first-order valence-electron chi connectivity index (χ1n) is 5.64. The van der Waals surface area contributed by atoms with Crippen LogP contribution in [0.3, 0.4) is 0 Å². The van der Waals surface area contributed by atoms with Gasteiger partial charge in [0.2, 0.25) is 0 Å². The lowest BCUT2D eigenvalue weighted by molar-refractivity contribution is 0.223. The normalized spacial score (nSPS) is 12.7. The molecule has 0 aliphatic heterocycles. The molecule has 0 aliphatic carbocycles. The summed E-state index contributed by atoms with van der Waals surface area (Å²) in [6.45, 7) is 3.90. The smallest absolute Gasteiger partial charge is 0.123 e. The van der Waals surface area contributed by atoms with Gasteiger partial charge in [0.15, 0.2) is 0 Å². The number of aliphatic hydroxyl groups is 1. The van der Waals surface area contributed by atoms with Crippen LogP contribution in [0.4, 0.5) is 4.39 Å². The third-order valence-electron chi connectivity index (χ3n) is 2.83. The molecule has 1 atom stereocenters. The van der Waals surface area contributed by atoms with Crippen LogP contribution in [0.25, 0.3) is 0 Å². The molecular weight excluding hydrogens is 235 g/mol. The zero-order chi connectivity index (χ0) is 12.4. The van der Waals surface area contributed by atoms with E-state index in [2.05, 4.69) is 6.92 Å². The molecule has 1 nitrogen and oxygen atoms in total. The Bertz CT molecular complexity index is 519. The summed E-state index contributed by atoms with van der Waals surface area (Å²) in [5.74, 6) is -0.265. The molecule has 90 valence electrons. The molecule has 0 spiro atoms. The number of hydrogen-bond donors (Lipinski definition) is 1. The molecule has 1 unspecified atom stereocenters. The predicted octanol–water partition coefficient (Wildman–Crippen LogP) is 3.84. The average molecular weight is 250 g/mol. The number of aliphatic hydroxyl groups excluding tert-OH is 1. The summed E-state index contributed by atoms with van der Waals surface area (Å²) < 4.78 is 13.0. The van der Waals surface area contributed by atoms with Crippen molar-refractivity contribution in [3.63, 3.8) is 0 Å². The minimum Gasteiger partial charge on any atom is -0.383 e. The van der Waals surface area contributed by atoms with Gasteiger partial charge < -0.3 is 5.11 Å². The first kappa shape index (κ1) is 12.3. The maximum atomic E-state index is 13.0. The van der Waals surface area contributed by atoms with Crippen LogP contribution in [0.2, 0.25) is 0 Å². The molecule has 3 heteroatoms. The van der Waals surface area contributed by atoms with Crippen LogP contribution < -0.4 is 0 Å². The molecule has 0 aliphatic rings. The highest BCUT2D eigenvalue weighted by atomic mass is 32.1. The molecule has 1 N–H and O–H groups in total. The molecule has 0 bridgehead atoms. The summed E-state index contributed by atoms with van der Waals surface area (Å²) >= 11 is 1.60. The second kappa shape index (κ2) is 4.98. The Kier molecular flexibility index (Phi) is 3.60. The van der Waals surface area contributed by atoms with Gasteiger partial charge >= 0.3 is 0 Å². The second-order valence-electron chi connectivity index (χ2n) is 4.06. The maximum absolute atomic E-state index is 13.0. The highest BCUT2D eigenvalue weighted by Gasteiger charge is 2.15.